The fourth-order valence-corrected chi connectivity index (χ4v) is 4.37. The Hall–Kier alpha value is -1.99. The average Bonchev–Trinajstić information content (AvgIpc) is 3.25. The van der Waals surface area contributed by atoms with Gasteiger partial charge in [0.25, 0.3) is 5.56 Å². The highest BCUT2D eigenvalue weighted by Gasteiger charge is 2.26. The highest BCUT2D eigenvalue weighted by atomic mass is 16.1. The quantitative estimate of drug-likeness (QED) is 0.764. The molecule has 3 aliphatic rings. The van der Waals surface area contributed by atoms with Gasteiger partial charge in [-0.2, -0.15) is 5.10 Å². The van der Waals surface area contributed by atoms with E-state index < -0.39 is 0 Å². The predicted octanol–water partition coefficient (Wildman–Crippen LogP) is 1.08. The molecule has 3 heterocycles. The van der Waals surface area contributed by atoms with Crippen molar-refractivity contribution in [2.24, 2.45) is 0 Å². The van der Waals surface area contributed by atoms with Crippen LogP contribution in [0.1, 0.15) is 42.3 Å². The lowest BCUT2D eigenvalue weighted by molar-refractivity contribution is 0.120. The van der Waals surface area contributed by atoms with Crippen molar-refractivity contribution < 1.29 is 0 Å². The molecule has 0 aromatic carbocycles. The van der Waals surface area contributed by atoms with Gasteiger partial charge in [0.05, 0.1) is 24.3 Å². The molecule has 1 aliphatic heterocycles. The largest absolute Gasteiger partial charge is 0.330 e. The first-order valence-electron chi connectivity index (χ1n) is 10.3. The molecule has 0 bridgehead atoms. The maximum Gasteiger partial charge on any atom is 0.267 e. The lowest BCUT2D eigenvalue weighted by atomic mass is 10.2. The number of aromatic nitrogens is 4. The summed E-state index contributed by atoms with van der Waals surface area (Å²) in [7, 11) is 0. The average molecular weight is 368 g/mol. The highest BCUT2D eigenvalue weighted by molar-refractivity contribution is 5.22. The molecule has 1 saturated heterocycles. The van der Waals surface area contributed by atoms with Crippen molar-refractivity contribution >= 4 is 0 Å². The van der Waals surface area contributed by atoms with Crippen molar-refractivity contribution in [3.05, 3.63) is 45.9 Å². The van der Waals surface area contributed by atoms with Gasteiger partial charge in [0.15, 0.2) is 0 Å². The van der Waals surface area contributed by atoms with Crippen molar-refractivity contribution in [2.45, 2.75) is 51.2 Å². The molecule has 7 heteroatoms. The van der Waals surface area contributed by atoms with Crippen LogP contribution in [-0.4, -0.2) is 61.9 Å². The summed E-state index contributed by atoms with van der Waals surface area (Å²) in [4.78, 5) is 21.6. The summed E-state index contributed by atoms with van der Waals surface area (Å²) in [5.41, 5.74) is 3.70. The van der Waals surface area contributed by atoms with Crippen molar-refractivity contribution in [1.29, 1.82) is 0 Å². The van der Waals surface area contributed by atoms with Gasteiger partial charge in [0, 0.05) is 57.6 Å². The van der Waals surface area contributed by atoms with Crippen molar-refractivity contribution in [3.8, 4) is 0 Å². The third-order valence-corrected chi connectivity index (χ3v) is 6.19. The van der Waals surface area contributed by atoms with Crippen molar-refractivity contribution in [2.75, 3.05) is 32.7 Å². The SMILES string of the molecule is O=c1cc2c(nn1CCN1CCN(Cc3cncn3C3CC3)CC1)CCC2. The normalized spacial score (nSPS) is 20.9. The zero-order valence-electron chi connectivity index (χ0n) is 15.9. The van der Waals surface area contributed by atoms with Crippen LogP contribution in [0, 0.1) is 0 Å². The fourth-order valence-electron chi connectivity index (χ4n) is 4.37. The van der Waals surface area contributed by atoms with E-state index in [4.69, 9.17) is 0 Å². The van der Waals surface area contributed by atoms with Crippen molar-refractivity contribution in [1.82, 2.24) is 29.1 Å². The van der Waals surface area contributed by atoms with Crippen LogP contribution in [0.5, 0.6) is 0 Å². The molecular formula is C20H28N6O. The standard InChI is InChI=1S/C20H28N6O/c27-20-12-16-2-1-3-19(16)22-26(20)11-10-23-6-8-24(9-7-23)14-18-13-21-15-25(18)17-4-5-17/h12-13,15,17H,1-11,14H2. The Labute approximate surface area is 159 Å². The summed E-state index contributed by atoms with van der Waals surface area (Å²) in [5.74, 6) is 0. The minimum absolute atomic E-state index is 0.0580. The van der Waals surface area contributed by atoms with E-state index in [1.54, 1.807) is 10.7 Å². The Morgan fingerprint density at radius 1 is 1.04 bits per heavy atom. The van der Waals surface area contributed by atoms with Gasteiger partial charge < -0.3 is 4.57 Å². The monoisotopic (exact) mass is 368 g/mol. The van der Waals surface area contributed by atoms with Crippen LogP contribution in [0.25, 0.3) is 0 Å². The minimum Gasteiger partial charge on any atom is -0.330 e. The molecule has 0 atom stereocenters. The zero-order valence-corrected chi connectivity index (χ0v) is 15.9. The molecule has 2 fully saturated rings. The molecule has 144 valence electrons. The molecule has 1 saturated carbocycles. The molecule has 7 nitrogen and oxygen atoms in total. The Balaban J connectivity index is 1.12. The van der Waals surface area contributed by atoms with Gasteiger partial charge in [-0.15, -0.1) is 0 Å². The van der Waals surface area contributed by atoms with Gasteiger partial charge in [-0.1, -0.05) is 0 Å². The third-order valence-electron chi connectivity index (χ3n) is 6.19. The van der Waals surface area contributed by atoms with Crippen LogP contribution in [0.3, 0.4) is 0 Å². The Morgan fingerprint density at radius 3 is 2.67 bits per heavy atom. The molecule has 0 N–H and O–H groups in total. The number of fused-ring (bicyclic) bond motifs is 1. The number of piperazine rings is 1. The van der Waals surface area contributed by atoms with E-state index in [0.29, 0.717) is 12.6 Å². The number of hydrogen-bond donors (Lipinski definition) is 0. The Morgan fingerprint density at radius 2 is 1.85 bits per heavy atom. The Kier molecular flexibility index (Phi) is 4.57. The van der Waals surface area contributed by atoms with E-state index >= 15 is 0 Å². The van der Waals surface area contributed by atoms with Crippen LogP contribution in [0.15, 0.2) is 23.4 Å². The summed E-state index contributed by atoms with van der Waals surface area (Å²) in [6, 6.07) is 2.50. The second kappa shape index (κ2) is 7.20. The summed E-state index contributed by atoms with van der Waals surface area (Å²) in [6.45, 7) is 6.84. The molecule has 2 aliphatic carbocycles. The molecule has 27 heavy (non-hydrogen) atoms. The summed E-state index contributed by atoms with van der Waals surface area (Å²) in [6.07, 6.45) is 9.78. The second-order valence-electron chi connectivity index (χ2n) is 8.17. The lowest BCUT2D eigenvalue weighted by Gasteiger charge is -2.34. The van der Waals surface area contributed by atoms with Gasteiger partial charge in [0.2, 0.25) is 0 Å². The van der Waals surface area contributed by atoms with Crippen molar-refractivity contribution in [3.63, 3.8) is 0 Å². The topological polar surface area (TPSA) is 59.2 Å². The molecule has 0 amide bonds. The van der Waals surface area contributed by atoms with E-state index in [1.807, 2.05) is 12.5 Å². The number of hydrogen-bond acceptors (Lipinski definition) is 5. The molecule has 0 spiro atoms. The van der Waals surface area contributed by atoms with Gasteiger partial charge >= 0.3 is 0 Å². The molecule has 2 aromatic heterocycles. The van der Waals surface area contributed by atoms with Crippen LogP contribution < -0.4 is 5.56 Å². The van der Waals surface area contributed by atoms with E-state index in [0.717, 1.165) is 69.8 Å². The number of nitrogens with zero attached hydrogens (tertiary/aromatic N) is 6. The number of imidazole rings is 1. The first kappa shape index (κ1) is 17.1. The molecule has 0 unspecified atom stereocenters. The van der Waals surface area contributed by atoms with Gasteiger partial charge in [-0.05, 0) is 37.7 Å². The lowest BCUT2D eigenvalue weighted by Crippen LogP contribution is -2.47. The highest BCUT2D eigenvalue weighted by Crippen LogP contribution is 2.35. The van der Waals surface area contributed by atoms with Gasteiger partial charge in [0.1, 0.15) is 0 Å². The van der Waals surface area contributed by atoms with Crippen LogP contribution in [0.4, 0.5) is 0 Å². The van der Waals surface area contributed by atoms with E-state index in [-0.39, 0.29) is 5.56 Å². The smallest absolute Gasteiger partial charge is 0.267 e. The molecule has 2 aromatic rings. The minimum atomic E-state index is 0.0580. The maximum absolute atomic E-state index is 12.2. The maximum atomic E-state index is 12.2. The van der Waals surface area contributed by atoms with E-state index in [1.165, 1.54) is 18.5 Å². The zero-order chi connectivity index (χ0) is 18.2. The first-order valence-corrected chi connectivity index (χ1v) is 10.3. The molecular weight excluding hydrogens is 340 g/mol. The van der Waals surface area contributed by atoms with E-state index in [9.17, 15) is 4.79 Å². The third kappa shape index (κ3) is 3.71. The fraction of sp³-hybridized carbons (Fsp3) is 0.650. The number of aryl methyl sites for hydroxylation is 2. The first-order chi connectivity index (χ1) is 13.3. The van der Waals surface area contributed by atoms with Gasteiger partial charge in [-0.3, -0.25) is 14.6 Å². The Bertz CT molecular complexity index is 860. The summed E-state index contributed by atoms with van der Waals surface area (Å²) in [5, 5.41) is 4.59. The van der Waals surface area contributed by atoms with Crippen LogP contribution in [0.2, 0.25) is 0 Å². The number of rotatable bonds is 6. The second-order valence-corrected chi connectivity index (χ2v) is 8.17. The van der Waals surface area contributed by atoms with Crippen LogP contribution in [-0.2, 0) is 25.9 Å². The molecule has 5 rings (SSSR count). The molecule has 0 radical (unpaired) electrons. The predicted molar refractivity (Wildman–Crippen MR) is 103 cm³/mol. The van der Waals surface area contributed by atoms with E-state index in [2.05, 4.69) is 24.4 Å². The summed E-state index contributed by atoms with van der Waals surface area (Å²) < 4.78 is 4.03. The van der Waals surface area contributed by atoms with Gasteiger partial charge in [-0.25, -0.2) is 9.67 Å². The summed E-state index contributed by atoms with van der Waals surface area (Å²) >= 11 is 0. The van der Waals surface area contributed by atoms with Crippen LogP contribution >= 0.6 is 0 Å².